The van der Waals surface area contributed by atoms with E-state index in [1.807, 2.05) is 19.2 Å². The molecule has 0 atom stereocenters. The molecule has 166 valence electrons. The van der Waals surface area contributed by atoms with E-state index in [1.165, 1.54) is 30.9 Å². The van der Waals surface area contributed by atoms with Crippen LogP contribution in [0.25, 0.3) is 0 Å². The summed E-state index contributed by atoms with van der Waals surface area (Å²) in [6.45, 7) is 3.80. The Balaban J connectivity index is 1.29. The van der Waals surface area contributed by atoms with E-state index in [2.05, 4.69) is 20.1 Å². The number of anilines is 2. The molecule has 0 bridgehead atoms. The number of hydrogen-bond acceptors (Lipinski definition) is 4. The van der Waals surface area contributed by atoms with Crippen molar-refractivity contribution in [3.05, 3.63) is 54.1 Å². The number of amides is 2. The Hall–Kier alpha value is -2.67. The lowest BCUT2D eigenvalue weighted by Gasteiger charge is -2.35. The molecule has 6 nitrogen and oxygen atoms in total. The zero-order valence-electron chi connectivity index (χ0n) is 18.3. The lowest BCUT2D eigenvalue weighted by Crippen LogP contribution is -2.49. The van der Waals surface area contributed by atoms with Crippen molar-refractivity contribution in [2.24, 2.45) is 0 Å². The number of hydrogen-bond donors (Lipinski definition) is 1. The van der Waals surface area contributed by atoms with E-state index in [9.17, 15) is 9.18 Å². The van der Waals surface area contributed by atoms with Crippen molar-refractivity contribution in [2.75, 3.05) is 43.4 Å². The van der Waals surface area contributed by atoms with Gasteiger partial charge in [-0.15, -0.1) is 0 Å². The highest BCUT2D eigenvalue weighted by Gasteiger charge is 2.23. The normalized spacial score (nSPS) is 18.1. The Morgan fingerprint density at radius 3 is 2.48 bits per heavy atom. The molecule has 1 aliphatic heterocycles. The molecule has 2 amide bonds. The van der Waals surface area contributed by atoms with Gasteiger partial charge in [-0.2, -0.15) is 0 Å². The van der Waals surface area contributed by atoms with Gasteiger partial charge < -0.3 is 15.1 Å². The fourth-order valence-electron chi connectivity index (χ4n) is 4.59. The van der Waals surface area contributed by atoms with Crippen molar-refractivity contribution < 1.29 is 9.18 Å². The van der Waals surface area contributed by atoms with Crippen molar-refractivity contribution in [1.29, 1.82) is 0 Å². The van der Waals surface area contributed by atoms with Crippen LogP contribution in [0.15, 0.2) is 42.7 Å². The Morgan fingerprint density at radius 2 is 1.81 bits per heavy atom. The molecule has 4 rings (SSSR count). The predicted octanol–water partition coefficient (Wildman–Crippen LogP) is 4.34. The van der Waals surface area contributed by atoms with Gasteiger partial charge in [-0.25, -0.2) is 9.18 Å². The summed E-state index contributed by atoms with van der Waals surface area (Å²) in [6.07, 6.45) is 9.52. The van der Waals surface area contributed by atoms with E-state index < -0.39 is 0 Å². The first-order valence-electron chi connectivity index (χ1n) is 11.3. The molecule has 0 radical (unpaired) electrons. The summed E-state index contributed by atoms with van der Waals surface area (Å²) in [5.74, 6) is -0.284. The molecule has 2 fully saturated rings. The number of carbonyl (C=O) groups is 1. The van der Waals surface area contributed by atoms with Crippen LogP contribution in [-0.2, 0) is 6.54 Å². The van der Waals surface area contributed by atoms with Gasteiger partial charge in [0.1, 0.15) is 5.82 Å². The number of piperazine rings is 1. The molecule has 2 aromatic rings. The fraction of sp³-hybridized carbons (Fsp3) is 0.500. The lowest BCUT2D eigenvalue weighted by atomic mass is 9.94. The van der Waals surface area contributed by atoms with Crippen LogP contribution >= 0.6 is 0 Å². The number of halogens is 1. The average molecular weight is 426 g/mol. The molecular weight excluding hydrogens is 393 g/mol. The number of nitrogens with zero attached hydrogens (tertiary/aromatic N) is 4. The van der Waals surface area contributed by atoms with Gasteiger partial charge in [-0.05, 0) is 48.7 Å². The van der Waals surface area contributed by atoms with Crippen LogP contribution < -0.4 is 10.2 Å². The lowest BCUT2D eigenvalue weighted by molar-refractivity contribution is 0.143. The van der Waals surface area contributed by atoms with E-state index in [-0.39, 0.29) is 11.8 Å². The van der Waals surface area contributed by atoms with Gasteiger partial charge >= 0.3 is 6.03 Å². The molecule has 1 saturated heterocycles. The zero-order chi connectivity index (χ0) is 21.6. The third-order valence-electron chi connectivity index (χ3n) is 6.52. The number of nitrogens with one attached hydrogen (secondary N) is 1. The van der Waals surface area contributed by atoms with Gasteiger partial charge in [0.2, 0.25) is 0 Å². The molecule has 31 heavy (non-hydrogen) atoms. The second-order valence-corrected chi connectivity index (χ2v) is 8.62. The van der Waals surface area contributed by atoms with Gasteiger partial charge in [0.25, 0.3) is 0 Å². The van der Waals surface area contributed by atoms with Crippen molar-refractivity contribution in [3.8, 4) is 0 Å². The summed E-state index contributed by atoms with van der Waals surface area (Å²) in [7, 11) is 1.97. The Bertz CT molecular complexity index is 864. The van der Waals surface area contributed by atoms with Crippen LogP contribution in [0, 0.1) is 5.82 Å². The molecule has 2 heterocycles. The summed E-state index contributed by atoms with van der Waals surface area (Å²) in [6, 6.07) is 9.28. The van der Waals surface area contributed by atoms with Crippen LogP contribution in [0.5, 0.6) is 0 Å². The molecular formula is C24H32FN5O. The first kappa shape index (κ1) is 21.6. The largest absolute Gasteiger partial charge is 0.369 e. The van der Waals surface area contributed by atoms with Crippen LogP contribution in [0.4, 0.5) is 20.6 Å². The molecule has 1 aromatic heterocycles. The molecule has 1 aliphatic carbocycles. The monoisotopic (exact) mass is 425 g/mol. The highest BCUT2D eigenvalue weighted by atomic mass is 19.1. The first-order valence-corrected chi connectivity index (χ1v) is 11.3. The maximum absolute atomic E-state index is 14.8. The summed E-state index contributed by atoms with van der Waals surface area (Å²) in [4.78, 5) is 22.9. The number of aromatic nitrogens is 1. The van der Waals surface area contributed by atoms with E-state index in [1.54, 1.807) is 29.4 Å². The highest BCUT2D eigenvalue weighted by Crippen LogP contribution is 2.29. The van der Waals surface area contributed by atoms with Crippen molar-refractivity contribution in [3.63, 3.8) is 0 Å². The Morgan fingerprint density at radius 1 is 1.10 bits per heavy atom. The van der Waals surface area contributed by atoms with Crippen LogP contribution in [0.2, 0.25) is 0 Å². The fourth-order valence-corrected chi connectivity index (χ4v) is 4.59. The van der Waals surface area contributed by atoms with Crippen molar-refractivity contribution >= 4 is 17.4 Å². The second-order valence-electron chi connectivity index (χ2n) is 8.62. The summed E-state index contributed by atoms with van der Waals surface area (Å²) >= 11 is 0. The van der Waals surface area contributed by atoms with Gasteiger partial charge in [-0.3, -0.25) is 9.88 Å². The maximum atomic E-state index is 14.8. The van der Waals surface area contributed by atoms with Gasteiger partial charge in [0.05, 0.1) is 5.69 Å². The molecule has 0 unspecified atom stereocenters. The molecule has 2 aliphatic rings. The second kappa shape index (κ2) is 10.1. The first-order chi connectivity index (χ1) is 15.1. The summed E-state index contributed by atoms with van der Waals surface area (Å²) in [5, 5.41) is 2.86. The number of pyridine rings is 1. The third kappa shape index (κ3) is 5.53. The third-order valence-corrected chi connectivity index (χ3v) is 6.52. The van der Waals surface area contributed by atoms with E-state index in [0.29, 0.717) is 30.5 Å². The number of benzene rings is 1. The van der Waals surface area contributed by atoms with Crippen LogP contribution in [0.1, 0.15) is 37.7 Å². The van der Waals surface area contributed by atoms with Crippen LogP contribution in [-0.4, -0.2) is 60.1 Å². The SMILES string of the molecule is CN(c1ccc(NC(=O)N2CCN(Cc3ccncc3)CC2)cc1F)C1CCCCC1. The molecule has 0 spiro atoms. The minimum Gasteiger partial charge on any atom is -0.369 e. The van der Waals surface area contributed by atoms with E-state index in [4.69, 9.17) is 0 Å². The Kier molecular flexibility index (Phi) is 7.02. The molecule has 1 saturated carbocycles. The van der Waals surface area contributed by atoms with Crippen molar-refractivity contribution in [1.82, 2.24) is 14.8 Å². The minimum atomic E-state index is -0.284. The van der Waals surface area contributed by atoms with Crippen LogP contribution in [0.3, 0.4) is 0 Å². The summed E-state index contributed by atoms with van der Waals surface area (Å²) < 4.78 is 14.8. The standard InChI is InChI=1S/C24H32FN5O/c1-28(21-5-3-2-4-6-21)23-8-7-20(17-22(23)25)27-24(31)30-15-13-29(14-16-30)18-19-9-11-26-12-10-19/h7-12,17,21H,2-6,13-16,18H2,1H3,(H,27,31). The molecule has 1 N–H and O–H groups in total. The summed E-state index contributed by atoms with van der Waals surface area (Å²) in [5.41, 5.74) is 2.33. The predicted molar refractivity (Wildman–Crippen MR) is 122 cm³/mol. The highest BCUT2D eigenvalue weighted by molar-refractivity contribution is 5.89. The number of carbonyl (C=O) groups excluding carboxylic acids is 1. The average Bonchev–Trinajstić information content (AvgIpc) is 2.80. The minimum absolute atomic E-state index is 0.170. The molecule has 1 aromatic carbocycles. The number of rotatable bonds is 5. The zero-order valence-corrected chi connectivity index (χ0v) is 18.3. The smallest absolute Gasteiger partial charge is 0.321 e. The quantitative estimate of drug-likeness (QED) is 0.774. The Labute approximate surface area is 184 Å². The van der Waals surface area contributed by atoms with Gasteiger partial charge in [0.15, 0.2) is 0 Å². The van der Waals surface area contributed by atoms with E-state index in [0.717, 1.165) is 32.5 Å². The topological polar surface area (TPSA) is 51.7 Å². The maximum Gasteiger partial charge on any atom is 0.321 e. The molecule has 7 heteroatoms. The van der Waals surface area contributed by atoms with Crippen molar-refractivity contribution in [2.45, 2.75) is 44.7 Å². The van der Waals surface area contributed by atoms with Gasteiger partial charge in [-0.1, -0.05) is 19.3 Å². The van der Waals surface area contributed by atoms with E-state index >= 15 is 0 Å². The van der Waals surface area contributed by atoms with Gasteiger partial charge in [0, 0.05) is 63.9 Å². The number of urea groups is 1.